The second kappa shape index (κ2) is 7.76. The molecule has 1 N–H and O–H groups in total. The first-order chi connectivity index (χ1) is 12.3. The molecule has 1 fully saturated rings. The van der Waals surface area contributed by atoms with E-state index < -0.39 is 10.0 Å². The van der Waals surface area contributed by atoms with Crippen molar-refractivity contribution >= 4 is 10.0 Å². The SMILES string of the molecule is Cc1ccc(OC2CCC(NS(=O)(=O)c3ccc(C)cc3C)CC2)nc1. The predicted molar refractivity (Wildman–Crippen MR) is 102 cm³/mol. The van der Waals surface area contributed by atoms with Gasteiger partial charge in [0.05, 0.1) is 4.90 Å². The van der Waals surface area contributed by atoms with Crippen molar-refractivity contribution in [3.8, 4) is 5.88 Å². The highest BCUT2D eigenvalue weighted by molar-refractivity contribution is 7.89. The number of rotatable bonds is 5. The number of ether oxygens (including phenoxy) is 1. The number of nitrogens with one attached hydrogen (secondary N) is 1. The second-order valence-electron chi connectivity index (χ2n) is 7.16. The predicted octanol–water partition coefficient (Wildman–Crippen LogP) is 3.68. The van der Waals surface area contributed by atoms with Gasteiger partial charge in [-0.3, -0.25) is 0 Å². The summed E-state index contributed by atoms with van der Waals surface area (Å²) in [5, 5.41) is 0. The minimum atomic E-state index is -3.49. The molecule has 0 bridgehead atoms. The van der Waals surface area contributed by atoms with Crippen LogP contribution in [0.3, 0.4) is 0 Å². The van der Waals surface area contributed by atoms with Gasteiger partial charge in [0.25, 0.3) is 0 Å². The van der Waals surface area contributed by atoms with E-state index in [-0.39, 0.29) is 12.1 Å². The van der Waals surface area contributed by atoms with Gasteiger partial charge in [0, 0.05) is 18.3 Å². The Morgan fingerprint density at radius 1 is 1.00 bits per heavy atom. The Labute approximate surface area is 155 Å². The van der Waals surface area contributed by atoms with Crippen LogP contribution >= 0.6 is 0 Å². The van der Waals surface area contributed by atoms with Gasteiger partial charge in [-0.1, -0.05) is 23.8 Å². The summed E-state index contributed by atoms with van der Waals surface area (Å²) < 4.78 is 34.2. The largest absolute Gasteiger partial charge is 0.474 e. The van der Waals surface area contributed by atoms with E-state index in [1.165, 1.54) is 0 Å². The molecular weight excluding hydrogens is 348 g/mol. The third-order valence-electron chi connectivity index (χ3n) is 4.79. The molecule has 0 aliphatic heterocycles. The Morgan fingerprint density at radius 3 is 2.31 bits per heavy atom. The van der Waals surface area contributed by atoms with Crippen LogP contribution in [0.25, 0.3) is 0 Å². The number of hydrogen-bond acceptors (Lipinski definition) is 4. The lowest BCUT2D eigenvalue weighted by Gasteiger charge is -2.29. The highest BCUT2D eigenvalue weighted by atomic mass is 32.2. The lowest BCUT2D eigenvalue weighted by atomic mass is 9.94. The summed E-state index contributed by atoms with van der Waals surface area (Å²) in [5.41, 5.74) is 2.94. The average molecular weight is 375 g/mol. The Morgan fingerprint density at radius 2 is 1.69 bits per heavy atom. The lowest BCUT2D eigenvalue weighted by molar-refractivity contribution is 0.138. The fourth-order valence-electron chi connectivity index (χ4n) is 3.38. The summed E-state index contributed by atoms with van der Waals surface area (Å²) in [6, 6.07) is 9.22. The molecule has 140 valence electrons. The number of hydrogen-bond donors (Lipinski definition) is 1. The Hall–Kier alpha value is -1.92. The minimum Gasteiger partial charge on any atom is -0.474 e. The van der Waals surface area contributed by atoms with Crippen LogP contribution in [0.1, 0.15) is 42.4 Å². The molecule has 0 saturated heterocycles. The van der Waals surface area contributed by atoms with Gasteiger partial charge in [0.15, 0.2) is 0 Å². The zero-order valence-electron chi connectivity index (χ0n) is 15.5. The fourth-order valence-corrected chi connectivity index (χ4v) is 4.91. The van der Waals surface area contributed by atoms with Crippen molar-refractivity contribution in [1.29, 1.82) is 0 Å². The molecule has 0 atom stereocenters. The van der Waals surface area contributed by atoms with Crippen molar-refractivity contribution in [2.45, 2.75) is 63.5 Å². The highest BCUT2D eigenvalue weighted by Crippen LogP contribution is 2.25. The fraction of sp³-hybridized carbons (Fsp3) is 0.450. The van der Waals surface area contributed by atoms with Gasteiger partial charge in [0.1, 0.15) is 6.10 Å². The van der Waals surface area contributed by atoms with Gasteiger partial charge in [-0.15, -0.1) is 0 Å². The molecule has 2 aromatic rings. The first kappa shape index (κ1) is 18.9. The van der Waals surface area contributed by atoms with Crippen LogP contribution in [0.15, 0.2) is 41.4 Å². The maximum absolute atomic E-state index is 12.7. The van der Waals surface area contributed by atoms with Crippen LogP contribution in [0, 0.1) is 20.8 Å². The number of nitrogens with zero attached hydrogens (tertiary/aromatic N) is 1. The summed E-state index contributed by atoms with van der Waals surface area (Å²) in [6.45, 7) is 5.78. The molecule has 6 heteroatoms. The van der Waals surface area contributed by atoms with Crippen molar-refractivity contribution in [1.82, 2.24) is 9.71 Å². The Bertz CT molecular complexity index is 855. The van der Waals surface area contributed by atoms with E-state index in [1.54, 1.807) is 12.3 Å². The lowest BCUT2D eigenvalue weighted by Crippen LogP contribution is -2.39. The van der Waals surface area contributed by atoms with E-state index in [4.69, 9.17) is 4.74 Å². The summed E-state index contributed by atoms with van der Waals surface area (Å²) in [6.07, 6.45) is 5.04. The van der Waals surface area contributed by atoms with Gasteiger partial charge in [-0.25, -0.2) is 18.1 Å². The van der Waals surface area contributed by atoms with Gasteiger partial charge in [-0.05, 0) is 63.6 Å². The molecule has 3 rings (SSSR count). The zero-order chi connectivity index (χ0) is 18.7. The van der Waals surface area contributed by atoms with Gasteiger partial charge in [-0.2, -0.15) is 0 Å². The number of benzene rings is 1. The van der Waals surface area contributed by atoms with Gasteiger partial charge in [0.2, 0.25) is 15.9 Å². The third-order valence-corrected chi connectivity index (χ3v) is 6.47. The zero-order valence-corrected chi connectivity index (χ0v) is 16.3. The molecule has 0 spiro atoms. The molecule has 0 amide bonds. The first-order valence-corrected chi connectivity index (χ1v) is 10.5. The summed E-state index contributed by atoms with van der Waals surface area (Å²) in [4.78, 5) is 4.64. The first-order valence-electron chi connectivity index (χ1n) is 9.02. The monoisotopic (exact) mass is 374 g/mol. The van der Waals surface area contributed by atoms with E-state index in [0.717, 1.165) is 42.4 Å². The smallest absolute Gasteiger partial charge is 0.241 e. The molecule has 1 aromatic heterocycles. The number of pyridine rings is 1. The maximum atomic E-state index is 12.7. The number of aromatic nitrogens is 1. The topological polar surface area (TPSA) is 68.3 Å². The molecule has 1 aliphatic rings. The quantitative estimate of drug-likeness (QED) is 0.867. The molecule has 0 unspecified atom stereocenters. The molecule has 1 heterocycles. The molecule has 0 radical (unpaired) electrons. The third kappa shape index (κ3) is 4.62. The van der Waals surface area contributed by atoms with Crippen LogP contribution in [0.2, 0.25) is 0 Å². The average Bonchev–Trinajstić information content (AvgIpc) is 2.58. The standard InChI is InChI=1S/C20H26N2O3S/c1-14-4-10-19(16(3)12-14)26(23,24)22-17-6-8-18(9-7-17)25-20-11-5-15(2)13-21-20/h4-5,10-13,17-18,22H,6-9H2,1-3H3. The van der Waals surface area contributed by atoms with Crippen LogP contribution < -0.4 is 9.46 Å². The molecule has 1 aromatic carbocycles. The molecule has 26 heavy (non-hydrogen) atoms. The van der Waals surface area contributed by atoms with Crippen LogP contribution in [-0.2, 0) is 10.0 Å². The number of sulfonamides is 1. The van der Waals surface area contributed by atoms with E-state index >= 15 is 0 Å². The van der Waals surface area contributed by atoms with E-state index in [2.05, 4.69) is 9.71 Å². The van der Waals surface area contributed by atoms with Crippen LogP contribution in [-0.4, -0.2) is 25.5 Å². The van der Waals surface area contributed by atoms with Crippen molar-refractivity contribution in [3.63, 3.8) is 0 Å². The molecule has 1 saturated carbocycles. The van der Waals surface area contributed by atoms with Crippen molar-refractivity contribution in [2.24, 2.45) is 0 Å². The van der Waals surface area contributed by atoms with E-state index in [0.29, 0.717) is 10.8 Å². The Balaban J connectivity index is 1.57. The minimum absolute atomic E-state index is 0.0495. The number of aryl methyl sites for hydroxylation is 3. The van der Waals surface area contributed by atoms with Crippen molar-refractivity contribution in [3.05, 3.63) is 53.2 Å². The normalized spacial score (nSPS) is 20.7. The van der Waals surface area contributed by atoms with Crippen molar-refractivity contribution in [2.75, 3.05) is 0 Å². The second-order valence-corrected chi connectivity index (χ2v) is 8.84. The summed E-state index contributed by atoms with van der Waals surface area (Å²) in [5.74, 6) is 0.634. The highest BCUT2D eigenvalue weighted by Gasteiger charge is 2.27. The van der Waals surface area contributed by atoms with E-state index in [9.17, 15) is 8.42 Å². The molecule has 5 nitrogen and oxygen atoms in total. The van der Waals surface area contributed by atoms with Crippen molar-refractivity contribution < 1.29 is 13.2 Å². The molecular formula is C20H26N2O3S. The summed E-state index contributed by atoms with van der Waals surface area (Å²) in [7, 11) is -3.49. The van der Waals surface area contributed by atoms with E-state index in [1.807, 2.05) is 45.0 Å². The summed E-state index contributed by atoms with van der Waals surface area (Å²) >= 11 is 0. The Kier molecular flexibility index (Phi) is 5.63. The van der Waals surface area contributed by atoms with Gasteiger partial charge < -0.3 is 4.74 Å². The van der Waals surface area contributed by atoms with Crippen LogP contribution in [0.4, 0.5) is 0 Å². The van der Waals surface area contributed by atoms with Gasteiger partial charge >= 0.3 is 0 Å². The van der Waals surface area contributed by atoms with Crippen LogP contribution in [0.5, 0.6) is 5.88 Å². The molecule has 1 aliphatic carbocycles. The maximum Gasteiger partial charge on any atom is 0.241 e.